The molecule has 0 atom stereocenters. The third-order valence-electron chi connectivity index (χ3n) is 6.53. The second kappa shape index (κ2) is 8.11. The Balaban J connectivity index is 1.70. The standard InChI is InChI=1S/C30H30/c1-3-5-9-21-13-25-17-29-19-27-15-23-11-7-8-12-24(23)16-28(27)20-30(29)18-26(25)14-22(21)10-6-4-2/h7-8,11-20H,3-6,9-10H2,1-2H3. The van der Waals surface area contributed by atoms with Crippen LogP contribution in [0.2, 0.25) is 0 Å². The number of fused-ring (bicyclic) bond motifs is 4. The fraction of sp³-hybridized carbons (Fsp3) is 0.267. The summed E-state index contributed by atoms with van der Waals surface area (Å²) in [5.74, 6) is 0. The molecule has 0 saturated heterocycles. The Morgan fingerprint density at radius 2 is 0.767 bits per heavy atom. The maximum absolute atomic E-state index is 2.47. The van der Waals surface area contributed by atoms with E-state index in [1.54, 1.807) is 11.1 Å². The Morgan fingerprint density at radius 1 is 0.433 bits per heavy atom. The minimum Gasteiger partial charge on any atom is -0.0654 e. The van der Waals surface area contributed by atoms with E-state index >= 15 is 0 Å². The topological polar surface area (TPSA) is 0 Å². The average molecular weight is 391 g/mol. The van der Waals surface area contributed by atoms with Crippen LogP contribution in [0.3, 0.4) is 0 Å². The first-order valence-electron chi connectivity index (χ1n) is 11.6. The van der Waals surface area contributed by atoms with Gasteiger partial charge in [0.25, 0.3) is 0 Å². The molecule has 0 spiro atoms. The summed E-state index contributed by atoms with van der Waals surface area (Å²) in [5, 5.41) is 10.7. The molecule has 0 aliphatic rings. The first-order chi connectivity index (χ1) is 14.7. The normalized spacial score (nSPS) is 11.8. The molecule has 0 unspecified atom stereocenters. The zero-order valence-electron chi connectivity index (χ0n) is 18.2. The first kappa shape index (κ1) is 19.1. The number of rotatable bonds is 6. The summed E-state index contributed by atoms with van der Waals surface area (Å²) in [4.78, 5) is 0. The Labute approximate surface area is 179 Å². The second-order valence-electron chi connectivity index (χ2n) is 8.77. The first-order valence-corrected chi connectivity index (χ1v) is 11.6. The van der Waals surface area contributed by atoms with Crippen LogP contribution in [0, 0.1) is 0 Å². The summed E-state index contributed by atoms with van der Waals surface area (Å²) >= 11 is 0. The Kier molecular flexibility index (Phi) is 5.17. The van der Waals surface area contributed by atoms with Crippen molar-refractivity contribution in [1.82, 2.24) is 0 Å². The van der Waals surface area contributed by atoms with Crippen molar-refractivity contribution in [3.8, 4) is 0 Å². The van der Waals surface area contributed by atoms with Crippen LogP contribution in [0.5, 0.6) is 0 Å². The number of benzene rings is 5. The van der Waals surface area contributed by atoms with E-state index in [-0.39, 0.29) is 0 Å². The van der Waals surface area contributed by atoms with E-state index in [1.807, 2.05) is 0 Å². The quantitative estimate of drug-likeness (QED) is 0.254. The summed E-state index contributed by atoms with van der Waals surface area (Å²) in [6.07, 6.45) is 7.46. The van der Waals surface area contributed by atoms with Gasteiger partial charge in [-0.05, 0) is 116 Å². The number of hydrogen-bond acceptors (Lipinski definition) is 0. The third-order valence-corrected chi connectivity index (χ3v) is 6.53. The van der Waals surface area contributed by atoms with Gasteiger partial charge in [0.15, 0.2) is 0 Å². The molecule has 0 amide bonds. The highest BCUT2D eigenvalue weighted by Gasteiger charge is 2.08. The molecule has 30 heavy (non-hydrogen) atoms. The smallest absolute Gasteiger partial charge is 0.0171 e. The van der Waals surface area contributed by atoms with Crippen molar-refractivity contribution in [1.29, 1.82) is 0 Å². The van der Waals surface area contributed by atoms with Gasteiger partial charge in [0.2, 0.25) is 0 Å². The van der Waals surface area contributed by atoms with E-state index in [0.717, 1.165) is 0 Å². The lowest BCUT2D eigenvalue weighted by Crippen LogP contribution is -1.96. The van der Waals surface area contributed by atoms with Crippen molar-refractivity contribution in [2.75, 3.05) is 0 Å². The molecule has 5 aromatic rings. The van der Waals surface area contributed by atoms with Crippen molar-refractivity contribution < 1.29 is 0 Å². The van der Waals surface area contributed by atoms with E-state index in [4.69, 9.17) is 0 Å². The van der Waals surface area contributed by atoms with Gasteiger partial charge >= 0.3 is 0 Å². The minimum absolute atomic E-state index is 1.20. The molecule has 0 aromatic heterocycles. The maximum atomic E-state index is 2.47. The summed E-state index contributed by atoms with van der Waals surface area (Å²) in [6, 6.07) is 27.8. The zero-order valence-corrected chi connectivity index (χ0v) is 18.2. The van der Waals surface area contributed by atoms with Crippen LogP contribution in [0.1, 0.15) is 50.7 Å². The van der Waals surface area contributed by atoms with Gasteiger partial charge in [-0.25, -0.2) is 0 Å². The minimum atomic E-state index is 1.20. The predicted octanol–water partition coefficient (Wildman–Crippen LogP) is 8.98. The molecule has 0 fully saturated rings. The highest BCUT2D eigenvalue weighted by Crippen LogP contribution is 2.32. The van der Waals surface area contributed by atoms with E-state index in [9.17, 15) is 0 Å². The van der Waals surface area contributed by atoms with Crippen molar-refractivity contribution in [2.24, 2.45) is 0 Å². The summed E-state index contributed by atoms with van der Waals surface area (Å²) < 4.78 is 0. The monoisotopic (exact) mass is 390 g/mol. The van der Waals surface area contributed by atoms with Gasteiger partial charge in [0.05, 0.1) is 0 Å². The molecule has 0 nitrogen and oxygen atoms in total. The maximum Gasteiger partial charge on any atom is -0.0171 e. The summed E-state index contributed by atoms with van der Waals surface area (Å²) in [6.45, 7) is 4.57. The highest BCUT2D eigenvalue weighted by atomic mass is 14.1. The molecule has 150 valence electrons. The molecule has 0 saturated carbocycles. The number of aryl methyl sites for hydroxylation is 2. The van der Waals surface area contributed by atoms with E-state index in [1.165, 1.54) is 81.6 Å². The van der Waals surface area contributed by atoms with Crippen molar-refractivity contribution >= 4 is 43.1 Å². The molecule has 5 aromatic carbocycles. The molecule has 5 rings (SSSR count). The van der Waals surface area contributed by atoms with E-state index in [2.05, 4.69) is 86.6 Å². The van der Waals surface area contributed by atoms with Crippen LogP contribution in [-0.4, -0.2) is 0 Å². The predicted molar refractivity (Wildman–Crippen MR) is 134 cm³/mol. The Bertz CT molecular complexity index is 1250. The van der Waals surface area contributed by atoms with E-state index in [0.29, 0.717) is 0 Å². The number of hydrogen-bond donors (Lipinski definition) is 0. The molecular formula is C30H30. The zero-order chi connectivity index (χ0) is 20.5. The van der Waals surface area contributed by atoms with Crippen molar-refractivity contribution in [3.63, 3.8) is 0 Å². The van der Waals surface area contributed by atoms with Crippen LogP contribution < -0.4 is 0 Å². The fourth-order valence-corrected chi connectivity index (χ4v) is 4.79. The van der Waals surface area contributed by atoms with Crippen LogP contribution in [0.25, 0.3) is 43.1 Å². The molecule has 0 N–H and O–H groups in total. The largest absolute Gasteiger partial charge is 0.0654 e. The molecule has 0 radical (unpaired) electrons. The van der Waals surface area contributed by atoms with Crippen LogP contribution in [0.15, 0.2) is 72.8 Å². The number of unbranched alkanes of at least 4 members (excludes halogenated alkanes) is 2. The van der Waals surface area contributed by atoms with Gasteiger partial charge in [-0.15, -0.1) is 0 Å². The van der Waals surface area contributed by atoms with Crippen molar-refractivity contribution in [3.05, 3.63) is 83.9 Å². The average Bonchev–Trinajstić information content (AvgIpc) is 2.77. The fourth-order valence-electron chi connectivity index (χ4n) is 4.79. The van der Waals surface area contributed by atoms with Crippen LogP contribution >= 0.6 is 0 Å². The van der Waals surface area contributed by atoms with Gasteiger partial charge < -0.3 is 0 Å². The second-order valence-corrected chi connectivity index (χ2v) is 8.77. The highest BCUT2D eigenvalue weighted by molar-refractivity contribution is 6.08. The van der Waals surface area contributed by atoms with Gasteiger partial charge in [-0.2, -0.15) is 0 Å². The molecule has 0 bridgehead atoms. The SMILES string of the molecule is CCCCc1cc2cc3cc4cc5ccccc5cc4cc3cc2cc1CCCC. The summed E-state index contributed by atoms with van der Waals surface area (Å²) in [7, 11) is 0. The lowest BCUT2D eigenvalue weighted by molar-refractivity contribution is 0.759. The molecule has 0 aliphatic heterocycles. The Hall–Kier alpha value is -2.86. The Morgan fingerprint density at radius 3 is 1.13 bits per heavy atom. The molecular weight excluding hydrogens is 360 g/mol. The molecule has 0 heteroatoms. The van der Waals surface area contributed by atoms with Crippen LogP contribution in [0.4, 0.5) is 0 Å². The third kappa shape index (κ3) is 3.56. The molecule has 0 heterocycles. The van der Waals surface area contributed by atoms with Gasteiger partial charge in [0.1, 0.15) is 0 Å². The molecule has 0 aliphatic carbocycles. The lowest BCUT2D eigenvalue weighted by atomic mass is 9.92. The van der Waals surface area contributed by atoms with Crippen molar-refractivity contribution in [2.45, 2.75) is 52.4 Å². The van der Waals surface area contributed by atoms with Gasteiger partial charge in [0, 0.05) is 0 Å². The van der Waals surface area contributed by atoms with Crippen LogP contribution in [-0.2, 0) is 12.8 Å². The lowest BCUT2D eigenvalue weighted by Gasteiger charge is -2.13. The van der Waals surface area contributed by atoms with Gasteiger partial charge in [-0.3, -0.25) is 0 Å². The van der Waals surface area contributed by atoms with Gasteiger partial charge in [-0.1, -0.05) is 63.1 Å². The summed E-state index contributed by atoms with van der Waals surface area (Å²) in [5.41, 5.74) is 3.12. The van der Waals surface area contributed by atoms with E-state index < -0.39 is 0 Å².